The zero-order chi connectivity index (χ0) is 21.6. The molecule has 4 rings (SSSR count). The zero-order valence-electron chi connectivity index (χ0n) is 17.1. The highest BCUT2D eigenvalue weighted by Crippen LogP contribution is 2.31. The number of hydrogen-bond donors (Lipinski definition) is 1. The third-order valence-corrected chi connectivity index (χ3v) is 7.94. The van der Waals surface area contributed by atoms with Crippen LogP contribution in [0, 0.1) is 19.8 Å². The van der Waals surface area contributed by atoms with Gasteiger partial charge >= 0.3 is 0 Å². The number of rotatable bonds is 4. The number of amides is 2. The predicted octanol–water partition coefficient (Wildman–Crippen LogP) is 2.07. The number of anilines is 2. The van der Waals surface area contributed by atoms with Crippen molar-refractivity contribution >= 4 is 44.0 Å². The first kappa shape index (κ1) is 21.0. The Kier molecular flexibility index (Phi) is 5.41. The normalized spacial score (nSPS) is 19.8. The molecule has 30 heavy (non-hydrogen) atoms. The van der Waals surface area contributed by atoms with Gasteiger partial charge in [-0.05, 0) is 37.1 Å². The molecular weight excluding hydrogens is 424 g/mol. The lowest BCUT2D eigenvalue weighted by Gasteiger charge is -2.23. The van der Waals surface area contributed by atoms with Crippen molar-refractivity contribution in [3.8, 4) is 0 Å². The van der Waals surface area contributed by atoms with E-state index < -0.39 is 15.9 Å². The highest BCUT2D eigenvalue weighted by atomic mass is 32.2. The molecule has 1 aromatic carbocycles. The second-order valence-corrected chi connectivity index (χ2v) is 11.0. The van der Waals surface area contributed by atoms with Crippen molar-refractivity contribution < 1.29 is 18.0 Å². The number of fused-ring (bicyclic) bond motifs is 1. The van der Waals surface area contributed by atoms with Crippen molar-refractivity contribution in [1.82, 2.24) is 9.29 Å². The standard InChI is InChI=1S/C20H24N4O4S2/c1-12-4-5-15(8-13(12)2)24-10-14(9-18(24)25)19(26)22-20-21-16-6-7-23(30(3,27)28)11-17(16)29-20/h4-5,8,14H,6-7,9-11H2,1-3H3,(H,21,22,26). The molecule has 1 N–H and O–H groups in total. The van der Waals surface area contributed by atoms with E-state index in [1.165, 1.54) is 21.9 Å². The molecule has 2 aliphatic rings. The van der Waals surface area contributed by atoms with Crippen molar-refractivity contribution in [1.29, 1.82) is 0 Å². The largest absolute Gasteiger partial charge is 0.312 e. The minimum Gasteiger partial charge on any atom is -0.312 e. The highest BCUT2D eigenvalue weighted by molar-refractivity contribution is 7.88. The average molecular weight is 449 g/mol. The summed E-state index contributed by atoms with van der Waals surface area (Å²) in [5.41, 5.74) is 3.89. The summed E-state index contributed by atoms with van der Waals surface area (Å²) in [7, 11) is -3.26. The number of carbonyl (C=O) groups is 2. The Bertz CT molecular complexity index is 1130. The number of benzene rings is 1. The minimum absolute atomic E-state index is 0.0689. The Morgan fingerprint density at radius 1 is 1.27 bits per heavy atom. The van der Waals surface area contributed by atoms with E-state index in [-0.39, 0.29) is 24.8 Å². The molecule has 3 heterocycles. The second-order valence-electron chi connectivity index (χ2n) is 7.90. The smallest absolute Gasteiger partial charge is 0.231 e. The molecule has 0 spiro atoms. The maximum Gasteiger partial charge on any atom is 0.231 e. The van der Waals surface area contributed by atoms with Crippen LogP contribution in [-0.4, -0.2) is 48.9 Å². The molecule has 1 atom stereocenters. The summed E-state index contributed by atoms with van der Waals surface area (Å²) < 4.78 is 25.0. The summed E-state index contributed by atoms with van der Waals surface area (Å²) in [6.07, 6.45) is 1.88. The van der Waals surface area contributed by atoms with Crippen LogP contribution in [0.5, 0.6) is 0 Å². The van der Waals surface area contributed by atoms with Gasteiger partial charge in [-0.3, -0.25) is 9.59 Å². The number of nitrogens with zero attached hydrogens (tertiary/aromatic N) is 3. The van der Waals surface area contributed by atoms with Gasteiger partial charge in [0.15, 0.2) is 5.13 Å². The van der Waals surface area contributed by atoms with E-state index in [0.717, 1.165) is 27.4 Å². The van der Waals surface area contributed by atoms with Crippen LogP contribution in [-0.2, 0) is 32.6 Å². The lowest BCUT2D eigenvalue weighted by atomic mass is 10.1. The number of nitrogens with one attached hydrogen (secondary N) is 1. The highest BCUT2D eigenvalue weighted by Gasteiger charge is 2.36. The van der Waals surface area contributed by atoms with Crippen LogP contribution in [0.15, 0.2) is 18.2 Å². The van der Waals surface area contributed by atoms with Crippen molar-refractivity contribution in [2.75, 3.05) is 29.6 Å². The average Bonchev–Trinajstić information content (AvgIpc) is 3.25. The van der Waals surface area contributed by atoms with E-state index >= 15 is 0 Å². The Morgan fingerprint density at radius 3 is 2.73 bits per heavy atom. The van der Waals surface area contributed by atoms with Crippen LogP contribution in [0.3, 0.4) is 0 Å². The third kappa shape index (κ3) is 4.12. The number of thiazole rings is 1. The van der Waals surface area contributed by atoms with Crippen molar-refractivity contribution in [2.45, 2.75) is 33.2 Å². The molecule has 2 aliphatic heterocycles. The van der Waals surface area contributed by atoms with Crippen molar-refractivity contribution in [3.63, 3.8) is 0 Å². The first-order valence-electron chi connectivity index (χ1n) is 9.74. The Labute approximate surface area is 180 Å². The van der Waals surface area contributed by atoms with Crippen LogP contribution in [0.25, 0.3) is 0 Å². The molecule has 2 aromatic rings. The number of aromatic nitrogens is 1. The number of hydrogen-bond acceptors (Lipinski definition) is 6. The second kappa shape index (κ2) is 7.75. The van der Waals surface area contributed by atoms with E-state index in [9.17, 15) is 18.0 Å². The van der Waals surface area contributed by atoms with Gasteiger partial charge in [0.05, 0.1) is 17.9 Å². The molecule has 2 amide bonds. The summed E-state index contributed by atoms with van der Waals surface area (Å²) >= 11 is 1.30. The van der Waals surface area contributed by atoms with Gasteiger partial charge < -0.3 is 10.2 Å². The number of sulfonamides is 1. The van der Waals surface area contributed by atoms with Crippen LogP contribution >= 0.6 is 11.3 Å². The zero-order valence-corrected chi connectivity index (χ0v) is 18.8. The van der Waals surface area contributed by atoms with Gasteiger partial charge in [0.1, 0.15) is 0 Å². The van der Waals surface area contributed by atoms with E-state index in [1.807, 2.05) is 32.0 Å². The summed E-state index contributed by atoms with van der Waals surface area (Å²) in [5, 5.41) is 3.29. The molecule has 1 unspecified atom stereocenters. The molecule has 160 valence electrons. The molecule has 8 nitrogen and oxygen atoms in total. The van der Waals surface area contributed by atoms with E-state index in [1.54, 1.807) is 4.90 Å². The summed E-state index contributed by atoms with van der Waals surface area (Å²) in [6.45, 7) is 5.03. The Morgan fingerprint density at radius 2 is 2.03 bits per heavy atom. The summed E-state index contributed by atoms with van der Waals surface area (Å²) in [6, 6.07) is 5.85. The summed E-state index contributed by atoms with van der Waals surface area (Å²) in [5.74, 6) is -0.756. The molecule has 1 aromatic heterocycles. The van der Waals surface area contributed by atoms with Gasteiger partial charge in [-0.15, -0.1) is 11.3 Å². The maximum absolute atomic E-state index is 12.8. The van der Waals surface area contributed by atoms with E-state index in [2.05, 4.69) is 10.3 Å². The topological polar surface area (TPSA) is 99.7 Å². The molecule has 0 bridgehead atoms. The van der Waals surface area contributed by atoms with Crippen LogP contribution in [0.1, 0.15) is 28.1 Å². The Hall–Kier alpha value is -2.30. The van der Waals surface area contributed by atoms with Crippen molar-refractivity contribution in [2.24, 2.45) is 5.92 Å². The molecule has 0 radical (unpaired) electrons. The van der Waals surface area contributed by atoms with Gasteiger partial charge in [0.2, 0.25) is 21.8 Å². The number of carbonyl (C=O) groups excluding carboxylic acids is 2. The summed E-state index contributed by atoms with van der Waals surface area (Å²) in [4.78, 5) is 32.2. The first-order valence-corrected chi connectivity index (χ1v) is 12.4. The fourth-order valence-electron chi connectivity index (χ4n) is 3.74. The predicted molar refractivity (Wildman–Crippen MR) is 116 cm³/mol. The Balaban J connectivity index is 1.43. The number of aryl methyl sites for hydroxylation is 2. The molecule has 1 saturated heterocycles. The molecule has 0 saturated carbocycles. The molecule has 1 fully saturated rings. The van der Waals surface area contributed by atoms with Crippen LogP contribution in [0.4, 0.5) is 10.8 Å². The molecule has 10 heteroatoms. The van der Waals surface area contributed by atoms with Crippen LogP contribution in [0.2, 0.25) is 0 Å². The lowest BCUT2D eigenvalue weighted by Crippen LogP contribution is -2.34. The SMILES string of the molecule is Cc1ccc(N2CC(C(=O)Nc3nc4c(s3)CN(S(C)(=O)=O)CC4)CC2=O)cc1C. The minimum atomic E-state index is -3.26. The lowest BCUT2D eigenvalue weighted by molar-refractivity contribution is -0.122. The van der Waals surface area contributed by atoms with Crippen molar-refractivity contribution in [3.05, 3.63) is 39.9 Å². The monoisotopic (exact) mass is 448 g/mol. The van der Waals surface area contributed by atoms with Gasteiger partial charge in [-0.1, -0.05) is 6.07 Å². The van der Waals surface area contributed by atoms with Gasteiger partial charge in [-0.2, -0.15) is 4.31 Å². The first-order chi connectivity index (χ1) is 14.1. The van der Waals surface area contributed by atoms with Gasteiger partial charge in [0.25, 0.3) is 0 Å². The quantitative estimate of drug-likeness (QED) is 0.772. The van der Waals surface area contributed by atoms with Crippen LogP contribution < -0.4 is 10.2 Å². The van der Waals surface area contributed by atoms with Gasteiger partial charge in [-0.25, -0.2) is 13.4 Å². The third-order valence-electron chi connectivity index (χ3n) is 5.69. The molecule has 0 aliphatic carbocycles. The fraction of sp³-hybridized carbons (Fsp3) is 0.450. The maximum atomic E-state index is 12.8. The molecular formula is C20H24N4O4S2. The fourth-order valence-corrected chi connectivity index (χ4v) is 5.64. The van der Waals surface area contributed by atoms with Gasteiger partial charge in [0, 0.05) is 43.0 Å². The van der Waals surface area contributed by atoms with E-state index in [4.69, 9.17) is 0 Å². The van der Waals surface area contributed by atoms with E-state index in [0.29, 0.717) is 24.6 Å².